The number of amides is 2. The summed E-state index contributed by atoms with van der Waals surface area (Å²) in [5.41, 5.74) is 3.69. The molecule has 0 saturated carbocycles. The average Bonchev–Trinajstić information content (AvgIpc) is 3.30. The van der Waals surface area contributed by atoms with Gasteiger partial charge in [-0.05, 0) is 36.8 Å². The van der Waals surface area contributed by atoms with Gasteiger partial charge in [-0.2, -0.15) is 0 Å². The van der Waals surface area contributed by atoms with E-state index >= 15 is 0 Å². The molecule has 2 amide bonds. The van der Waals surface area contributed by atoms with Crippen molar-refractivity contribution in [3.05, 3.63) is 41.0 Å². The van der Waals surface area contributed by atoms with Crippen molar-refractivity contribution in [2.75, 3.05) is 24.7 Å². The Labute approximate surface area is 153 Å². The maximum absolute atomic E-state index is 12.9. The van der Waals surface area contributed by atoms with E-state index in [0.29, 0.717) is 6.42 Å². The molecule has 1 aliphatic carbocycles. The van der Waals surface area contributed by atoms with E-state index in [1.165, 1.54) is 16.7 Å². The molecule has 0 radical (unpaired) electrons. The number of benzene rings is 1. The minimum Gasteiger partial charge on any atom is -0.331 e. The molecule has 25 heavy (non-hydrogen) atoms. The molecule has 0 N–H and O–H groups in total. The Morgan fingerprint density at radius 3 is 2.84 bits per heavy atom. The number of nitrogens with zero attached hydrogens (tertiary/aromatic N) is 2. The van der Waals surface area contributed by atoms with Crippen molar-refractivity contribution in [1.29, 1.82) is 0 Å². The highest BCUT2D eigenvalue weighted by Gasteiger charge is 2.35. The molecule has 1 unspecified atom stereocenters. The second kappa shape index (κ2) is 7.24. The SMILES string of the molecule is O=C(C1CCCCN1C(=O)CC1=Cc2ccccc2C1)N1CCSC1. The van der Waals surface area contributed by atoms with E-state index < -0.39 is 0 Å². The third-order valence-electron chi connectivity index (χ3n) is 5.38. The maximum atomic E-state index is 12.9. The summed E-state index contributed by atoms with van der Waals surface area (Å²) in [4.78, 5) is 29.6. The van der Waals surface area contributed by atoms with Crippen LogP contribution in [-0.4, -0.2) is 52.4 Å². The van der Waals surface area contributed by atoms with Crippen molar-refractivity contribution >= 4 is 29.7 Å². The minimum atomic E-state index is -0.246. The lowest BCUT2D eigenvalue weighted by Crippen LogP contribution is -2.52. The summed E-state index contributed by atoms with van der Waals surface area (Å²) in [5, 5.41) is 0. The van der Waals surface area contributed by atoms with Crippen LogP contribution in [-0.2, 0) is 16.0 Å². The Hall–Kier alpha value is -1.75. The summed E-state index contributed by atoms with van der Waals surface area (Å²) >= 11 is 1.80. The molecule has 132 valence electrons. The van der Waals surface area contributed by atoms with E-state index in [-0.39, 0.29) is 17.9 Å². The quantitative estimate of drug-likeness (QED) is 0.836. The first-order chi connectivity index (χ1) is 12.2. The van der Waals surface area contributed by atoms with Crippen molar-refractivity contribution < 1.29 is 9.59 Å². The number of thioether (sulfide) groups is 1. The molecular weight excluding hydrogens is 332 g/mol. The molecular formula is C20H24N2O2S. The van der Waals surface area contributed by atoms with Crippen LogP contribution in [0.2, 0.25) is 0 Å². The van der Waals surface area contributed by atoms with Crippen LogP contribution in [0.4, 0.5) is 0 Å². The largest absolute Gasteiger partial charge is 0.331 e. The van der Waals surface area contributed by atoms with Crippen LogP contribution in [0, 0.1) is 0 Å². The average molecular weight is 356 g/mol. The predicted molar refractivity (Wildman–Crippen MR) is 101 cm³/mol. The maximum Gasteiger partial charge on any atom is 0.246 e. The summed E-state index contributed by atoms with van der Waals surface area (Å²) in [6.45, 7) is 1.54. The Morgan fingerprint density at radius 2 is 2.04 bits per heavy atom. The lowest BCUT2D eigenvalue weighted by Gasteiger charge is -2.36. The molecule has 0 aromatic heterocycles. The molecule has 2 heterocycles. The van der Waals surface area contributed by atoms with E-state index in [1.54, 1.807) is 11.8 Å². The first-order valence-corrected chi connectivity index (χ1v) is 10.3. The fraction of sp³-hybridized carbons (Fsp3) is 0.500. The Morgan fingerprint density at radius 1 is 1.16 bits per heavy atom. The molecule has 2 fully saturated rings. The first kappa shape index (κ1) is 16.7. The van der Waals surface area contributed by atoms with E-state index in [0.717, 1.165) is 50.4 Å². The topological polar surface area (TPSA) is 40.6 Å². The number of hydrogen-bond donors (Lipinski definition) is 0. The van der Waals surface area contributed by atoms with Crippen LogP contribution in [0.5, 0.6) is 0 Å². The number of fused-ring (bicyclic) bond motifs is 1. The monoisotopic (exact) mass is 356 g/mol. The lowest BCUT2D eigenvalue weighted by molar-refractivity contribution is -0.146. The van der Waals surface area contributed by atoms with Crippen molar-refractivity contribution in [3.63, 3.8) is 0 Å². The molecule has 1 atom stereocenters. The zero-order valence-electron chi connectivity index (χ0n) is 14.4. The van der Waals surface area contributed by atoms with E-state index in [1.807, 2.05) is 21.9 Å². The van der Waals surface area contributed by atoms with Gasteiger partial charge in [-0.15, -0.1) is 11.8 Å². The van der Waals surface area contributed by atoms with Crippen LogP contribution in [0.25, 0.3) is 6.08 Å². The van der Waals surface area contributed by atoms with Gasteiger partial charge in [0.15, 0.2) is 0 Å². The molecule has 1 aromatic carbocycles. The molecule has 4 rings (SSSR count). The summed E-state index contributed by atoms with van der Waals surface area (Å²) in [5.74, 6) is 2.06. The van der Waals surface area contributed by atoms with Crippen molar-refractivity contribution in [1.82, 2.24) is 9.80 Å². The van der Waals surface area contributed by atoms with Crippen LogP contribution in [0.15, 0.2) is 29.8 Å². The summed E-state index contributed by atoms with van der Waals surface area (Å²) in [6.07, 6.45) is 6.29. The second-order valence-corrected chi connectivity index (χ2v) is 8.17. The van der Waals surface area contributed by atoms with Gasteiger partial charge >= 0.3 is 0 Å². The van der Waals surface area contributed by atoms with Gasteiger partial charge in [0.25, 0.3) is 0 Å². The number of likely N-dealkylation sites (tertiary alicyclic amines) is 1. The summed E-state index contributed by atoms with van der Waals surface area (Å²) < 4.78 is 0. The van der Waals surface area contributed by atoms with Gasteiger partial charge in [0.1, 0.15) is 6.04 Å². The van der Waals surface area contributed by atoms with Crippen LogP contribution in [0.3, 0.4) is 0 Å². The van der Waals surface area contributed by atoms with Gasteiger partial charge in [-0.25, -0.2) is 0 Å². The third-order valence-corrected chi connectivity index (χ3v) is 6.35. The Bertz CT molecular complexity index is 709. The normalized spacial score (nSPS) is 22.7. The summed E-state index contributed by atoms with van der Waals surface area (Å²) in [7, 11) is 0. The standard InChI is InChI=1S/C20H24N2O2S/c23-19(13-15-11-16-5-1-2-6-17(16)12-15)22-8-4-3-7-18(22)20(24)21-9-10-25-14-21/h1-2,5-6,11,18H,3-4,7-10,12-14H2. The molecule has 4 nitrogen and oxygen atoms in total. The van der Waals surface area contributed by atoms with Crippen LogP contribution < -0.4 is 0 Å². The zero-order valence-corrected chi connectivity index (χ0v) is 15.3. The zero-order chi connectivity index (χ0) is 17.2. The molecule has 0 bridgehead atoms. The van der Waals surface area contributed by atoms with Gasteiger partial charge in [0, 0.05) is 25.3 Å². The number of hydrogen-bond acceptors (Lipinski definition) is 3. The Kier molecular flexibility index (Phi) is 4.84. The van der Waals surface area contributed by atoms with Crippen molar-refractivity contribution in [3.8, 4) is 0 Å². The lowest BCUT2D eigenvalue weighted by atomic mass is 9.99. The van der Waals surface area contributed by atoms with Gasteiger partial charge in [0.05, 0.1) is 5.88 Å². The molecule has 2 saturated heterocycles. The fourth-order valence-electron chi connectivity index (χ4n) is 4.05. The number of carbonyl (C=O) groups excluding carboxylic acids is 2. The van der Waals surface area contributed by atoms with Gasteiger partial charge < -0.3 is 9.80 Å². The van der Waals surface area contributed by atoms with Crippen LogP contribution in [0.1, 0.15) is 36.8 Å². The highest BCUT2D eigenvalue weighted by Crippen LogP contribution is 2.29. The fourth-order valence-corrected chi connectivity index (χ4v) is 5.00. The summed E-state index contributed by atoms with van der Waals surface area (Å²) in [6, 6.07) is 8.06. The predicted octanol–water partition coefficient (Wildman–Crippen LogP) is 2.93. The number of rotatable bonds is 3. The van der Waals surface area contributed by atoms with Crippen molar-refractivity contribution in [2.45, 2.75) is 38.1 Å². The first-order valence-electron chi connectivity index (χ1n) is 9.16. The third kappa shape index (κ3) is 3.47. The molecule has 2 aliphatic heterocycles. The second-order valence-electron chi connectivity index (χ2n) is 7.09. The number of carbonyl (C=O) groups is 2. The minimum absolute atomic E-state index is 0.115. The van der Waals surface area contributed by atoms with E-state index in [2.05, 4.69) is 18.2 Å². The number of piperidine rings is 1. The van der Waals surface area contributed by atoms with E-state index in [9.17, 15) is 9.59 Å². The van der Waals surface area contributed by atoms with Crippen LogP contribution >= 0.6 is 11.8 Å². The van der Waals surface area contributed by atoms with Gasteiger partial charge in [-0.1, -0.05) is 35.9 Å². The van der Waals surface area contributed by atoms with E-state index in [4.69, 9.17) is 0 Å². The van der Waals surface area contributed by atoms with Gasteiger partial charge in [0.2, 0.25) is 11.8 Å². The molecule has 1 aromatic rings. The Balaban J connectivity index is 1.44. The van der Waals surface area contributed by atoms with Gasteiger partial charge in [-0.3, -0.25) is 9.59 Å². The smallest absolute Gasteiger partial charge is 0.246 e. The molecule has 3 aliphatic rings. The molecule has 5 heteroatoms. The van der Waals surface area contributed by atoms with Crippen molar-refractivity contribution in [2.24, 2.45) is 0 Å². The highest BCUT2D eigenvalue weighted by molar-refractivity contribution is 7.99. The molecule has 0 spiro atoms. The highest BCUT2D eigenvalue weighted by atomic mass is 32.2.